The van der Waals surface area contributed by atoms with Gasteiger partial charge in [0.1, 0.15) is 11.4 Å². The first-order chi connectivity index (χ1) is 10.9. The Hall–Kier alpha value is -1.82. The largest absolute Gasteiger partial charge is 0.444 e. The van der Waals surface area contributed by atoms with Crippen LogP contribution in [0.2, 0.25) is 0 Å². The number of amides is 1. The first kappa shape index (κ1) is 16.1. The molecule has 1 aromatic heterocycles. The van der Waals surface area contributed by atoms with Crippen molar-refractivity contribution < 1.29 is 9.53 Å². The number of hydrogen-bond donors (Lipinski definition) is 2. The molecule has 1 amide bonds. The molecule has 0 saturated carbocycles. The quantitative estimate of drug-likeness (QED) is 0.897. The molecule has 0 spiro atoms. The van der Waals surface area contributed by atoms with E-state index >= 15 is 0 Å². The van der Waals surface area contributed by atoms with E-state index in [0.717, 1.165) is 11.6 Å². The van der Waals surface area contributed by atoms with Gasteiger partial charge in [-0.15, -0.1) is 0 Å². The van der Waals surface area contributed by atoms with Gasteiger partial charge in [-0.2, -0.15) is 0 Å². The molecule has 3 unspecified atom stereocenters. The Balaban J connectivity index is 1.54. The van der Waals surface area contributed by atoms with Gasteiger partial charge in [-0.25, -0.2) is 9.78 Å². The second kappa shape index (κ2) is 6.35. The van der Waals surface area contributed by atoms with E-state index in [1.807, 2.05) is 26.8 Å². The number of hydrogen-bond acceptors (Lipinski definition) is 5. The average Bonchev–Trinajstić information content (AvgIpc) is 2.85. The monoisotopic (exact) mass is 318 g/mol. The van der Waals surface area contributed by atoms with Gasteiger partial charge in [0.25, 0.3) is 0 Å². The summed E-state index contributed by atoms with van der Waals surface area (Å²) in [6.45, 7) is 9.13. The summed E-state index contributed by atoms with van der Waals surface area (Å²) >= 11 is 0. The minimum Gasteiger partial charge on any atom is -0.444 e. The van der Waals surface area contributed by atoms with Crippen molar-refractivity contribution in [2.75, 3.05) is 30.3 Å². The van der Waals surface area contributed by atoms with Gasteiger partial charge in [0.05, 0.1) is 11.9 Å². The van der Waals surface area contributed by atoms with E-state index in [1.165, 1.54) is 32.5 Å². The summed E-state index contributed by atoms with van der Waals surface area (Å²) in [4.78, 5) is 18.6. The van der Waals surface area contributed by atoms with Gasteiger partial charge in [-0.3, -0.25) is 5.32 Å². The highest BCUT2D eigenvalue weighted by atomic mass is 16.6. The lowest BCUT2D eigenvalue weighted by molar-refractivity contribution is 0.0635. The molecule has 2 saturated heterocycles. The average molecular weight is 318 g/mol. The van der Waals surface area contributed by atoms with Crippen LogP contribution in [0.5, 0.6) is 0 Å². The Bertz CT molecular complexity index is 553. The number of carbonyl (C=O) groups is 1. The third-order valence-corrected chi connectivity index (χ3v) is 4.38. The molecule has 0 aromatic carbocycles. The van der Waals surface area contributed by atoms with Crippen LogP contribution in [0, 0.1) is 5.92 Å². The number of pyridine rings is 1. The van der Waals surface area contributed by atoms with Crippen LogP contribution in [0.15, 0.2) is 18.3 Å². The van der Waals surface area contributed by atoms with Crippen LogP contribution in [0.1, 0.15) is 33.6 Å². The zero-order valence-electron chi connectivity index (χ0n) is 14.1. The highest BCUT2D eigenvalue weighted by molar-refractivity contribution is 5.83. The summed E-state index contributed by atoms with van der Waals surface area (Å²) in [5.74, 6) is 1.24. The molecule has 2 aliphatic heterocycles. The van der Waals surface area contributed by atoms with Crippen molar-refractivity contribution in [1.29, 1.82) is 0 Å². The number of nitrogens with zero attached hydrogens (tertiary/aromatic N) is 2. The second-order valence-electron chi connectivity index (χ2n) is 7.45. The Kier molecular flexibility index (Phi) is 4.43. The van der Waals surface area contributed by atoms with Gasteiger partial charge >= 0.3 is 6.09 Å². The van der Waals surface area contributed by atoms with Crippen LogP contribution in [0.3, 0.4) is 0 Å². The van der Waals surface area contributed by atoms with Gasteiger partial charge < -0.3 is 15.0 Å². The number of aromatic nitrogens is 1. The molecule has 3 heterocycles. The number of fused-ring (bicyclic) bond motifs is 2. The molecule has 126 valence electrons. The molecule has 2 fully saturated rings. The van der Waals surface area contributed by atoms with E-state index < -0.39 is 11.7 Å². The Labute approximate surface area is 137 Å². The van der Waals surface area contributed by atoms with Crippen molar-refractivity contribution >= 4 is 17.6 Å². The van der Waals surface area contributed by atoms with Crippen LogP contribution in [0.4, 0.5) is 16.3 Å². The SMILES string of the molecule is CC(C)(C)OC(=O)Nc1ccc(NC2CCN3CCC2C3)cn1. The summed E-state index contributed by atoms with van der Waals surface area (Å²) in [6.07, 6.45) is 3.75. The zero-order chi connectivity index (χ0) is 16.4. The van der Waals surface area contributed by atoms with E-state index in [9.17, 15) is 4.79 Å². The van der Waals surface area contributed by atoms with Crippen molar-refractivity contribution in [3.8, 4) is 0 Å². The van der Waals surface area contributed by atoms with Crippen molar-refractivity contribution in [3.05, 3.63) is 18.3 Å². The highest BCUT2D eigenvalue weighted by Crippen LogP contribution is 2.29. The van der Waals surface area contributed by atoms with Crippen LogP contribution < -0.4 is 10.6 Å². The maximum absolute atomic E-state index is 11.7. The van der Waals surface area contributed by atoms with Gasteiger partial charge in [0.15, 0.2) is 0 Å². The first-order valence-corrected chi connectivity index (χ1v) is 8.34. The Morgan fingerprint density at radius 1 is 1.30 bits per heavy atom. The third kappa shape index (κ3) is 4.34. The smallest absolute Gasteiger partial charge is 0.413 e. The Morgan fingerprint density at radius 3 is 2.78 bits per heavy atom. The van der Waals surface area contributed by atoms with E-state index in [4.69, 9.17) is 4.74 Å². The summed E-state index contributed by atoms with van der Waals surface area (Å²) in [7, 11) is 0. The number of anilines is 2. The van der Waals surface area contributed by atoms with Gasteiger partial charge in [0, 0.05) is 19.1 Å². The molecule has 3 rings (SSSR count). The first-order valence-electron chi connectivity index (χ1n) is 8.34. The third-order valence-electron chi connectivity index (χ3n) is 4.38. The topological polar surface area (TPSA) is 66.5 Å². The summed E-state index contributed by atoms with van der Waals surface area (Å²) in [5, 5.41) is 6.24. The molecule has 0 aliphatic carbocycles. The molecule has 3 atom stereocenters. The molecular weight excluding hydrogens is 292 g/mol. The molecule has 23 heavy (non-hydrogen) atoms. The number of ether oxygens (including phenoxy) is 1. The number of nitrogens with one attached hydrogen (secondary N) is 2. The minimum absolute atomic E-state index is 0.482. The molecule has 6 nitrogen and oxygen atoms in total. The number of rotatable bonds is 3. The molecule has 0 radical (unpaired) electrons. The van der Waals surface area contributed by atoms with Crippen molar-refractivity contribution in [2.45, 2.75) is 45.3 Å². The fourth-order valence-electron chi connectivity index (χ4n) is 3.32. The lowest BCUT2D eigenvalue weighted by Gasteiger charge is -2.31. The van der Waals surface area contributed by atoms with E-state index in [2.05, 4.69) is 20.5 Å². The number of piperidine rings is 1. The molecule has 2 aliphatic rings. The maximum Gasteiger partial charge on any atom is 0.413 e. The zero-order valence-corrected chi connectivity index (χ0v) is 14.1. The molecular formula is C17H26N4O2. The lowest BCUT2D eigenvalue weighted by atomic mass is 9.94. The van der Waals surface area contributed by atoms with Crippen LogP contribution in [-0.4, -0.2) is 47.3 Å². The van der Waals surface area contributed by atoms with Gasteiger partial charge in [-0.05, 0) is 58.2 Å². The van der Waals surface area contributed by atoms with Gasteiger partial charge in [-0.1, -0.05) is 0 Å². The van der Waals surface area contributed by atoms with Crippen LogP contribution in [0.25, 0.3) is 0 Å². The molecule has 2 N–H and O–H groups in total. The molecule has 6 heteroatoms. The van der Waals surface area contributed by atoms with E-state index in [-0.39, 0.29) is 0 Å². The predicted molar refractivity (Wildman–Crippen MR) is 90.7 cm³/mol. The van der Waals surface area contributed by atoms with E-state index in [1.54, 1.807) is 12.3 Å². The molecule has 2 bridgehead atoms. The normalized spacial score (nSPS) is 26.7. The second-order valence-corrected chi connectivity index (χ2v) is 7.45. The predicted octanol–water partition coefficient (Wildman–Crippen LogP) is 2.93. The highest BCUT2D eigenvalue weighted by Gasteiger charge is 2.34. The maximum atomic E-state index is 11.7. The fraction of sp³-hybridized carbons (Fsp3) is 0.647. The van der Waals surface area contributed by atoms with Crippen LogP contribution in [-0.2, 0) is 4.74 Å². The summed E-state index contributed by atoms with van der Waals surface area (Å²) in [5.41, 5.74) is 0.493. The lowest BCUT2D eigenvalue weighted by Crippen LogP contribution is -2.39. The summed E-state index contributed by atoms with van der Waals surface area (Å²) in [6, 6.07) is 4.29. The fourth-order valence-corrected chi connectivity index (χ4v) is 3.32. The van der Waals surface area contributed by atoms with Gasteiger partial charge in [0.2, 0.25) is 0 Å². The summed E-state index contributed by atoms with van der Waals surface area (Å²) < 4.78 is 5.22. The number of carbonyl (C=O) groups excluding carboxylic acids is 1. The standard InChI is InChI=1S/C17H26N4O2/c1-17(2,3)23-16(22)20-15-5-4-13(10-18-15)19-14-7-9-21-8-6-12(14)11-21/h4-5,10,12,14,19H,6-9,11H2,1-3H3,(H,18,20,22). The Morgan fingerprint density at radius 2 is 2.09 bits per heavy atom. The van der Waals surface area contributed by atoms with Crippen molar-refractivity contribution in [3.63, 3.8) is 0 Å². The minimum atomic E-state index is -0.512. The van der Waals surface area contributed by atoms with Crippen LogP contribution >= 0.6 is 0 Å². The van der Waals surface area contributed by atoms with Crippen molar-refractivity contribution in [1.82, 2.24) is 9.88 Å². The molecule has 1 aromatic rings. The van der Waals surface area contributed by atoms with Crippen molar-refractivity contribution in [2.24, 2.45) is 5.92 Å². The van der Waals surface area contributed by atoms with E-state index in [0.29, 0.717) is 11.9 Å².